The van der Waals surface area contributed by atoms with Gasteiger partial charge in [0.1, 0.15) is 0 Å². The van der Waals surface area contributed by atoms with E-state index in [1.54, 1.807) is 0 Å². The Labute approximate surface area is 123 Å². The predicted octanol–water partition coefficient (Wildman–Crippen LogP) is 3.62. The summed E-state index contributed by atoms with van der Waals surface area (Å²) in [6.07, 6.45) is 2.49. The zero-order chi connectivity index (χ0) is 13.9. The molecule has 0 unspecified atom stereocenters. The molecule has 106 valence electrons. The van der Waals surface area contributed by atoms with Gasteiger partial charge in [-0.3, -0.25) is 4.90 Å². The van der Waals surface area contributed by atoms with E-state index in [0.717, 1.165) is 31.1 Å². The molecule has 2 aromatic rings. The number of benzene rings is 1. The zero-order valence-electron chi connectivity index (χ0n) is 11.6. The van der Waals surface area contributed by atoms with Crippen molar-refractivity contribution in [2.45, 2.75) is 26.3 Å². The van der Waals surface area contributed by atoms with Gasteiger partial charge in [0.05, 0.1) is 6.54 Å². The van der Waals surface area contributed by atoms with Crippen LogP contribution in [-0.2, 0) is 6.54 Å². The summed E-state index contributed by atoms with van der Waals surface area (Å²) in [5, 5.41) is 8.91. The van der Waals surface area contributed by atoms with Crippen LogP contribution >= 0.6 is 11.6 Å². The first kappa shape index (κ1) is 13.6. The highest BCUT2D eigenvalue weighted by molar-refractivity contribution is 6.30. The molecule has 3 rings (SSSR count). The van der Waals surface area contributed by atoms with Crippen LogP contribution in [0.5, 0.6) is 0 Å². The molecule has 1 aliphatic rings. The number of piperidine rings is 1. The number of rotatable bonds is 3. The maximum absolute atomic E-state index is 5.97. The Bertz CT molecular complexity index is 576. The Morgan fingerprint density at radius 1 is 1.30 bits per heavy atom. The van der Waals surface area contributed by atoms with Crippen molar-refractivity contribution in [2.75, 3.05) is 13.1 Å². The first-order chi connectivity index (χ1) is 9.70. The van der Waals surface area contributed by atoms with Crippen molar-refractivity contribution in [1.29, 1.82) is 0 Å². The molecule has 4 nitrogen and oxygen atoms in total. The zero-order valence-corrected chi connectivity index (χ0v) is 12.3. The van der Waals surface area contributed by atoms with Gasteiger partial charge in [0.15, 0.2) is 0 Å². The van der Waals surface area contributed by atoms with E-state index in [1.165, 1.54) is 12.8 Å². The van der Waals surface area contributed by atoms with Crippen molar-refractivity contribution in [2.24, 2.45) is 5.92 Å². The summed E-state index contributed by atoms with van der Waals surface area (Å²) in [5.74, 6) is 2.04. The van der Waals surface area contributed by atoms with Gasteiger partial charge in [0.2, 0.25) is 11.8 Å². The Hall–Kier alpha value is -1.39. The van der Waals surface area contributed by atoms with Gasteiger partial charge in [0, 0.05) is 10.6 Å². The SMILES string of the molecule is CC1CCN(Cc2nnc(-c3cccc(Cl)c3)o2)CC1. The molecule has 0 radical (unpaired) electrons. The molecule has 0 bridgehead atoms. The topological polar surface area (TPSA) is 42.2 Å². The average Bonchev–Trinajstić information content (AvgIpc) is 2.90. The largest absolute Gasteiger partial charge is 0.419 e. The minimum Gasteiger partial charge on any atom is -0.419 e. The van der Waals surface area contributed by atoms with Gasteiger partial charge in [-0.1, -0.05) is 24.6 Å². The molecule has 0 aliphatic carbocycles. The van der Waals surface area contributed by atoms with E-state index >= 15 is 0 Å². The molecule has 5 heteroatoms. The predicted molar refractivity (Wildman–Crippen MR) is 78.4 cm³/mol. The molecule has 1 aliphatic heterocycles. The van der Waals surface area contributed by atoms with Crippen LogP contribution in [0.25, 0.3) is 11.5 Å². The molecular weight excluding hydrogens is 274 g/mol. The molecule has 0 N–H and O–H groups in total. The smallest absolute Gasteiger partial charge is 0.247 e. The Kier molecular flexibility index (Phi) is 4.03. The van der Waals surface area contributed by atoms with Gasteiger partial charge in [-0.05, 0) is 50.0 Å². The summed E-state index contributed by atoms with van der Waals surface area (Å²) in [7, 11) is 0. The third-order valence-corrected chi connectivity index (χ3v) is 4.01. The lowest BCUT2D eigenvalue weighted by Gasteiger charge is -2.28. The van der Waals surface area contributed by atoms with Crippen LogP contribution in [0.3, 0.4) is 0 Å². The molecule has 1 aromatic heterocycles. The fourth-order valence-electron chi connectivity index (χ4n) is 2.47. The molecule has 1 fully saturated rings. The second kappa shape index (κ2) is 5.94. The van der Waals surface area contributed by atoms with E-state index in [9.17, 15) is 0 Å². The maximum atomic E-state index is 5.97. The van der Waals surface area contributed by atoms with Crippen LogP contribution < -0.4 is 0 Å². The van der Waals surface area contributed by atoms with Gasteiger partial charge >= 0.3 is 0 Å². The summed E-state index contributed by atoms with van der Waals surface area (Å²) in [6, 6.07) is 7.47. The van der Waals surface area contributed by atoms with Crippen molar-refractivity contribution in [3.8, 4) is 11.5 Å². The Morgan fingerprint density at radius 3 is 2.85 bits per heavy atom. The lowest BCUT2D eigenvalue weighted by molar-refractivity contribution is 0.171. The number of likely N-dealkylation sites (tertiary alicyclic amines) is 1. The highest BCUT2D eigenvalue weighted by Gasteiger charge is 2.18. The van der Waals surface area contributed by atoms with Gasteiger partial charge in [-0.2, -0.15) is 0 Å². The lowest BCUT2D eigenvalue weighted by atomic mass is 9.99. The Morgan fingerprint density at radius 2 is 2.10 bits per heavy atom. The van der Waals surface area contributed by atoms with Crippen molar-refractivity contribution in [3.63, 3.8) is 0 Å². The van der Waals surface area contributed by atoms with E-state index in [1.807, 2.05) is 24.3 Å². The normalized spacial score (nSPS) is 17.5. The number of hydrogen-bond acceptors (Lipinski definition) is 4. The van der Waals surface area contributed by atoms with Gasteiger partial charge in [0.25, 0.3) is 0 Å². The number of nitrogens with zero attached hydrogens (tertiary/aromatic N) is 3. The minimum absolute atomic E-state index is 0.535. The van der Waals surface area contributed by atoms with Crippen molar-refractivity contribution < 1.29 is 4.42 Å². The quantitative estimate of drug-likeness (QED) is 0.866. The fraction of sp³-hybridized carbons (Fsp3) is 0.467. The number of hydrogen-bond donors (Lipinski definition) is 0. The monoisotopic (exact) mass is 291 g/mol. The lowest BCUT2D eigenvalue weighted by Crippen LogP contribution is -2.32. The highest BCUT2D eigenvalue weighted by atomic mass is 35.5. The van der Waals surface area contributed by atoms with Crippen LogP contribution in [0, 0.1) is 5.92 Å². The van der Waals surface area contributed by atoms with Gasteiger partial charge < -0.3 is 4.42 Å². The van der Waals surface area contributed by atoms with Crippen LogP contribution in [0.2, 0.25) is 5.02 Å². The standard InChI is InChI=1S/C15H18ClN3O/c1-11-5-7-19(8-6-11)10-14-17-18-15(20-14)12-3-2-4-13(16)9-12/h2-4,9,11H,5-8,10H2,1H3. The van der Waals surface area contributed by atoms with Crippen LogP contribution in [0.15, 0.2) is 28.7 Å². The van der Waals surface area contributed by atoms with Crippen LogP contribution in [0.4, 0.5) is 0 Å². The van der Waals surface area contributed by atoms with Gasteiger partial charge in [-0.25, -0.2) is 0 Å². The maximum Gasteiger partial charge on any atom is 0.247 e. The van der Waals surface area contributed by atoms with Crippen molar-refractivity contribution in [3.05, 3.63) is 35.2 Å². The molecule has 20 heavy (non-hydrogen) atoms. The Balaban J connectivity index is 1.68. The average molecular weight is 292 g/mol. The third kappa shape index (κ3) is 3.19. The molecule has 2 heterocycles. The highest BCUT2D eigenvalue weighted by Crippen LogP contribution is 2.23. The molecule has 0 atom stereocenters. The molecular formula is C15H18ClN3O. The molecule has 1 saturated heterocycles. The van der Waals surface area contributed by atoms with Crippen molar-refractivity contribution >= 4 is 11.6 Å². The first-order valence-corrected chi connectivity index (χ1v) is 7.39. The van der Waals surface area contributed by atoms with E-state index in [2.05, 4.69) is 22.0 Å². The second-order valence-corrected chi connectivity index (χ2v) is 5.91. The summed E-state index contributed by atoms with van der Waals surface area (Å²) >= 11 is 5.97. The van der Waals surface area contributed by atoms with Crippen LogP contribution in [-0.4, -0.2) is 28.2 Å². The number of aromatic nitrogens is 2. The molecule has 0 saturated carbocycles. The number of halogens is 1. The fourth-order valence-corrected chi connectivity index (χ4v) is 2.66. The summed E-state index contributed by atoms with van der Waals surface area (Å²) in [4.78, 5) is 2.37. The van der Waals surface area contributed by atoms with E-state index < -0.39 is 0 Å². The van der Waals surface area contributed by atoms with E-state index in [4.69, 9.17) is 16.0 Å². The minimum atomic E-state index is 0.535. The third-order valence-electron chi connectivity index (χ3n) is 3.77. The van der Waals surface area contributed by atoms with Crippen molar-refractivity contribution in [1.82, 2.24) is 15.1 Å². The molecule has 0 amide bonds. The second-order valence-electron chi connectivity index (χ2n) is 5.47. The first-order valence-electron chi connectivity index (χ1n) is 7.01. The molecule has 1 aromatic carbocycles. The van der Waals surface area contributed by atoms with Gasteiger partial charge in [-0.15, -0.1) is 10.2 Å². The van der Waals surface area contributed by atoms with E-state index in [0.29, 0.717) is 16.8 Å². The van der Waals surface area contributed by atoms with Crippen LogP contribution in [0.1, 0.15) is 25.7 Å². The summed E-state index contributed by atoms with van der Waals surface area (Å²) < 4.78 is 5.73. The van der Waals surface area contributed by atoms with E-state index in [-0.39, 0.29) is 0 Å². The summed E-state index contributed by atoms with van der Waals surface area (Å²) in [5.41, 5.74) is 0.864. The molecule has 0 spiro atoms. The summed E-state index contributed by atoms with van der Waals surface area (Å²) in [6.45, 7) is 5.26.